The van der Waals surface area contributed by atoms with E-state index in [1.165, 1.54) is 12.8 Å². The van der Waals surface area contributed by atoms with Crippen LogP contribution in [0.25, 0.3) is 0 Å². The van der Waals surface area contributed by atoms with Crippen LogP contribution < -0.4 is 0 Å². The fourth-order valence-corrected chi connectivity index (χ4v) is 4.91. The van der Waals surface area contributed by atoms with E-state index in [0.29, 0.717) is 24.0 Å². The van der Waals surface area contributed by atoms with Crippen molar-refractivity contribution < 1.29 is 9.00 Å². The summed E-state index contributed by atoms with van der Waals surface area (Å²) in [6.45, 7) is 0.624. The summed E-state index contributed by atoms with van der Waals surface area (Å²) in [7, 11) is 1.05. The lowest BCUT2D eigenvalue weighted by Crippen LogP contribution is -2.45. The third-order valence-corrected chi connectivity index (χ3v) is 6.38. The maximum Gasteiger partial charge on any atom is 0.226 e. The molecular weight excluding hydrogens is 286 g/mol. The van der Waals surface area contributed by atoms with E-state index in [2.05, 4.69) is 5.10 Å². The van der Waals surface area contributed by atoms with Crippen molar-refractivity contribution in [1.82, 2.24) is 14.7 Å². The van der Waals surface area contributed by atoms with Gasteiger partial charge in [-0.15, -0.1) is 0 Å². The lowest BCUT2D eigenvalue weighted by molar-refractivity contribution is -0.135. The molecule has 3 fully saturated rings. The number of rotatable bonds is 3. The topological polar surface area (TPSA) is 55.2 Å². The second kappa shape index (κ2) is 4.93. The first-order valence-electron chi connectivity index (χ1n) is 7.77. The molecule has 0 bridgehead atoms. The van der Waals surface area contributed by atoms with Crippen LogP contribution in [0.3, 0.4) is 0 Å². The Hall–Kier alpha value is -1.17. The van der Waals surface area contributed by atoms with Gasteiger partial charge in [0.25, 0.3) is 0 Å². The largest absolute Gasteiger partial charge is 0.333 e. The molecule has 21 heavy (non-hydrogen) atoms. The molecule has 4 rings (SSSR count). The van der Waals surface area contributed by atoms with Crippen LogP contribution in [-0.2, 0) is 22.6 Å². The van der Waals surface area contributed by atoms with Crippen LogP contribution in [-0.4, -0.2) is 42.8 Å². The van der Waals surface area contributed by atoms with Crippen molar-refractivity contribution in [2.24, 2.45) is 24.8 Å². The summed E-state index contributed by atoms with van der Waals surface area (Å²) in [6.07, 6.45) is 7.44. The van der Waals surface area contributed by atoms with E-state index in [9.17, 15) is 9.00 Å². The van der Waals surface area contributed by atoms with Crippen LogP contribution >= 0.6 is 0 Å². The zero-order valence-electron chi connectivity index (χ0n) is 12.3. The molecule has 5 nitrogen and oxygen atoms in total. The van der Waals surface area contributed by atoms with Crippen molar-refractivity contribution in [3.05, 3.63) is 18.0 Å². The van der Waals surface area contributed by atoms with Crippen LogP contribution in [0.2, 0.25) is 0 Å². The zero-order valence-corrected chi connectivity index (χ0v) is 13.1. The summed E-state index contributed by atoms with van der Waals surface area (Å²) in [5.41, 5.74) is 1.02. The lowest BCUT2D eigenvalue weighted by Gasteiger charge is -2.35. The summed E-state index contributed by atoms with van der Waals surface area (Å²) in [4.78, 5) is 14.8. The van der Waals surface area contributed by atoms with Gasteiger partial charge in [0.15, 0.2) is 0 Å². The van der Waals surface area contributed by atoms with Crippen molar-refractivity contribution in [2.75, 3.05) is 18.1 Å². The van der Waals surface area contributed by atoms with Gasteiger partial charge in [0.1, 0.15) is 0 Å². The molecule has 0 N–H and O–H groups in total. The van der Waals surface area contributed by atoms with Gasteiger partial charge in [-0.05, 0) is 31.1 Å². The standard InChI is InChI=1S/C15H21N3O2S/c1-17-8-11(7-16-17)14-9-21(20)5-4-18(14)15(19)13-6-12(13)10-2-3-10/h7-8,10,12-14H,2-6,9H2,1H3. The Morgan fingerprint density at radius 1 is 1.43 bits per heavy atom. The summed E-state index contributed by atoms with van der Waals surface area (Å²) in [5, 5.41) is 4.20. The highest BCUT2D eigenvalue weighted by atomic mass is 32.2. The molecule has 0 aromatic carbocycles. The Morgan fingerprint density at radius 2 is 2.24 bits per heavy atom. The number of aromatic nitrogens is 2. The Morgan fingerprint density at radius 3 is 2.90 bits per heavy atom. The maximum absolute atomic E-state index is 12.8. The van der Waals surface area contributed by atoms with Gasteiger partial charge < -0.3 is 4.90 Å². The molecule has 4 unspecified atom stereocenters. The Labute approximate surface area is 127 Å². The summed E-state index contributed by atoms with van der Waals surface area (Å²) in [6, 6.07) is -0.0544. The van der Waals surface area contributed by atoms with Gasteiger partial charge in [-0.3, -0.25) is 13.7 Å². The smallest absolute Gasteiger partial charge is 0.226 e. The number of hydrogen-bond donors (Lipinski definition) is 0. The third-order valence-electron chi connectivity index (χ3n) is 5.06. The van der Waals surface area contributed by atoms with Crippen molar-refractivity contribution in [3.63, 3.8) is 0 Å². The number of carbonyl (C=O) groups is 1. The average molecular weight is 307 g/mol. The quantitative estimate of drug-likeness (QED) is 0.840. The maximum atomic E-state index is 12.8. The first-order valence-corrected chi connectivity index (χ1v) is 9.26. The minimum Gasteiger partial charge on any atom is -0.333 e. The highest BCUT2D eigenvalue weighted by Gasteiger charge is 2.53. The van der Waals surface area contributed by atoms with Crippen LogP contribution in [0, 0.1) is 17.8 Å². The Balaban J connectivity index is 1.53. The predicted octanol–water partition coefficient (Wildman–Crippen LogP) is 1.10. The molecule has 2 aliphatic carbocycles. The molecule has 2 heterocycles. The van der Waals surface area contributed by atoms with Crippen LogP contribution in [0.5, 0.6) is 0 Å². The van der Waals surface area contributed by atoms with Crippen LogP contribution in [0.4, 0.5) is 0 Å². The number of aryl methyl sites for hydroxylation is 1. The highest BCUT2D eigenvalue weighted by molar-refractivity contribution is 7.85. The SMILES string of the molecule is Cn1cc(C2CS(=O)CCN2C(=O)C2CC2C2CC2)cn1. The second-order valence-corrected chi connectivity index (χ2v) is 8.27. The van der Waals surface area contributed by atoms with E-state index in [0.717, 1.165) is 17.9 Å². The summed E-state index contributed by atoms with van der Waals surface area (Å²) >= 11 is 0. The number of amides is 1. The number of nitrogens with zero attached hydrogens (tertiary/aromatic N) is 3. The predicted molar refractivity (Wildman–Crippen MR) is 79.9 cm³/mol. The number of hydrogen-bond acceptors (Lipinski definition) is 3. The normalized spacial score (nSPS) is 35.8. The third kappa shape index (κ3) is 2.54. The first kappa shape index (κ1) is 13.5. The molecule has 1 aromatic heterocycles. The molecule has 4 atom stereocenters. The van der Waals surface area contributed by atoms with E-state index in [1.54, 1.807) is 10.9 Å². The molecule has 114 valence electrons. The molecule has 3 aliphatic rings. The average Bonchev–Trinajstić information content (AvgIpc) is 3.34. The number of carbonyl (C=O) groups excluding carboxylic acids is 1. The van der Waals surface area contributed by atoms with E-state index in [-0.39, 0.29) is 17.9 Å². The van der Waals surface area contributed by atoms with Crippen molar-refractivity contribution in [2.45, 2.75) is 25.3 Å². The minimum absolute atomic E-state index is 0.0544. The van der Waals surface area contributed by atoms with Crippen molar-refractivity contribution >= 4 is 16.7 Å². The molecule has 1 saturated heterocycles. The second-order valence-electron chi connectivity index (χ2n) is 6.65. The molecular formula is C15H21N3O2S. The zero-order chi connectivity index (χ0) is 14.6. The molecule has 0 spiro atoms. The van der Waals surface area contributed by atoms with E-state index < -0.39 is 10.8 Å². The molecule has 0 radical (unpaired) electrons. The Kier molecular flexibility index (Phi) is 3.17. The van der Waals surface area contributed by atoms with Crippen LogP contribution in [0.15, 0.2) is 12.4 Å². The van der Waals surface area contributed by atoms with Gasteiger partial charge in [-0.2, -0.15) is 5.10 Å². The molecule has 1 amide bonds. The van der Waals surface area contributed by atoms with Gasteiger partial charge >= 0.3 is 0 Å². The molecule has 1 aliphatic heterocycles. The lowest BCUT2D eigenvalue weighted by atomic mass is 10.1. The van der Waals surface area contributed by atoms with Gasteiger partial charge in [-0.1, -0.05) is 0 Å². The van der Waals surface area contributed by atoms with Gasteiger partial charge in [0.05, 0.1) is 12.2 Å². The first-order chi connectivity index (χ1) is 10.1. The Bertz CT molecular complexity index is 595. The molecule has 1 aromatic rings. The van der Waals surface area contributed by atoms with Gasteiger partial charge in [-0.25, -0.2) is 0 Å². The monoisotopic (exact) mass is 307 g/mol. The van der Waals surface area contributed by atoms with Gasteiger partial charge in [0, 0.05) is 53.6 Å². The van der Waals surface area contributed by atoms with E-state index in [4.69, 9.17) is 0 Å². The van der Waals surface area contributed by atoms with Gasteiger partial charge in [0.2, 0.25) is 5.91 Å². The van der Waals surface area contributed by atoms with Crippen LogP contribution in [0.1, 0.15) is 30.9 Å². The molecule has 2 saturated carbocycles. The summed E-state index contributed by atoms with van der Waals surface area (Å²) in [5.74, 6) is 3.15. The summed E-state index contributed by atoms with van der Waals surface area (Å²) < 4.78 is 13.7. The fourth-order valence-electron chi connectivity index (χ4n) is 3.61. The van der Waals surface area contributed by atoms with E-state index >= 15 is 0 Å². The van der Waals surface area contributed by atoms with Crippen molar-refractivity contribution in [1.29, 1.82) is 0 Å². The fraction of sp³-hybridized carbons (Fsp3) is 0.733. The molecule has 6 heteroatoms. The van der Waals surface area contributed by atoms with Crippen molar-refractivity contribution in [3.8, 4) is 0 Å². The highest BCUT2D eigenvalue weighted by Crippen LogP contribution is 2.55. The minimum atomic E-state index is -0.828. The van der Waals surface area contributed by atoms with E-state index in [1.807, 2.05) is 18.1 Å².